The molecule has 2 heterocycles. The summed E-state index contributed by atoms with van der Waals surface area (Å²) in [6.07, 6.45) is -8.54. The Morgan fingerprint density at radius 3 is 2.33 bits per heavy atom. The standard InChI is InChI=1S/C19H16F7N3O/c20-13-3-1-11(2-4-13)14-6-8-29(10-15(14)28-17(30)19(24,25)26)16-9-12(5-7-27-16)18(21,22)23/h1-5,7,9,14-15H,6,8,10H2,(H,28,30). The lowest BCUT2D eigenvalue weighted by molar-refractivity contribution is -0.174. The molecule has 3 rings (SSSR count). The SMILES string of the molecule is O=C(NC1CN(c2cc(C(F)(F)F)ccn2)CCC1c1ccc(F)cc1)C(F)(F)F. The number of aromatic nitrogens is 1. The molecule has 1 N–H and O–H groups in total. The molecule has 2 aromatic rings. The Kier molecular flexibility index (Phi) is 5.91. The first-order chi connectivity index (χ1) is 13.9. The van der Waals surface area contributed by atoms with Crippen LogP contribution in [0.5, 0.6) is 0 Å². The largest absolute Gasteiger partial charge is 0.471 e. The third-order valence-corrected chi connectivity index (χ3v) is 4.88. The first-order valence-electron chi connectivity index (χ1n) is 8.86. The van der Waals surface area contributed by atoms with Gasteiger partial charge in [-0.2, -0.15) is 26.3 Å². The predicted molar refractivity (Wildman–Crippen MR) is 93.2 cm³/mol. The molecule has 1 aromatic carbocycles. The molecule has 0 bridgehead atoms. The van der Waals surface area contributed by atoms with Crippen molar-refractivity contribution in [2.24, 2.45) is 0 Å². The van der Waals surface area contributed by atoms with Crippen molar-refractivity contribution in [3.8, 4) is 0 Å². The summed E-state index contributed by atoms with van der Waals surface area (Å²) in [6, 6.07) is 5.64. The van der Waals surface area contributed by atoms with Gasteiger partial charge in [0.2, 0.25) is 0 Å². The van der Waals surface area contributed by atoms with E-state index in [2.05, 4.69) is 4.98 Å². The zero-order valence-electron chi connectivity index (χ0n) is 15.3. The van der Waals surface area contributed by atoms with E-state index in [4.69, 9.17) is 0 Å². The van der Waals surface area contributed by atoms with Gasteiger partial charge in [-0.15, -0.1) is 0 Å². The number of nitrogens with zero attached hydrogens (tertiary/aromatic N) is 2. The van der Waals surface area contributed by atoms with Crippen molar-refractivity contribution in [3.63, 3.8) is 0 Å². The lowest BCUT2D eigenvalue weighted by Crippen LogP contribution is -2.54. The highest BCUT2D eigenvalue weighted by Crippen LogP contribution is 2.34. The molecule has 11 heteroatoms. The smallest absolute Gasteiger partial charge is 0.355 e. The van der Waals surface area contributed by atoms with E-state index in [9.17, 15) is 35.5 Å². The van der Waals surface area contributed by atoms with E-state index in [0.29, 0.717) is 5.56 Å². The van der Waals surface area contributed by atoms with E-state index >= 15 is 0 Å². The zero-order chi connectivity index (χ0) is 22.1. The van der Waals surface area contributed by atoms with Crippen LogP contribution in [-0.4, -0.2) is 36.2 Å². The van der Waals surface area contributed by atoms with Crippen molar-refractivity contribution in [2.75, 3.05) is 18.0 Å². The summed E-state index contributed by atoms with van der Waals surface area (Å²) in [7, 11) is 0. The van der Waals surface area contributed by atoms with Crippen LogP contribution in [0.25, 0.3) is 0 Å². The molecule has 1 saturated heterocycles. The summed E-state index contributed by atoms with van der Waals surface area (Å²) in [4.78, 5) is 16.8. The number of carbonyl (C=O) groups is 1. The molecule has 1 amide bonds. The van der Waals surface area contributed by atoms with E-state index in [1.165, 1.54) is 17.0 Å². The Labute approximate surface area is 166 Å². The molecule has 0 radical (unpaired) electrons. The van der Waals surface area contributed by atoms with Crippen LogP contribution >= 0.6 is 0 Å². The lowest BCUT2D eigenvalue weighted by atomic mass is 9.85. The number of nitrogens with one attached hydrogen (secondary N) is 1. The second-order valence-corrected chi connectivity index (χ2v) is 6.87. The Morgan fingerprint density at radius 1 is 1.07 bits per heavy atom. The molecular formula is C19H16F7N3O. The number of carbonyl (C=O) groups excluding carboxylic acids is 1. The second kappa shape index (κ2) is 8.11. The highest BCUT2D eigenvalue weighted by atomic mass is 19.4. The van der Waals surface area contributed by atoms with Crippen LogP contribution in [0.4, 0.5) is 36.6 Å². The number of benzene rings is 1. The number of hydrogen-bond donors (Lipinski definition) is 1. The molecule has 1 aliphatic heterocycles. The Bertz CT molecular complexity index is 896. The topological polar surface area (TPSA) is 45.2 Å². The minimum Gasteiger partial charge on any atom is -0.355 e. The molecule has 0 aliphatic carbocycles. The van der Waals surface area contributed by atoms with E-state index in [-0.39, 0.29) is 25.3 Å². The van der Waals surface area contributed by atoms with Gasteiger partial charge in [0.05, 0.1) is 11.6 Å². The molecule has 1 aliphatic rings. The van der Waals surface area contributed by atoms with Gasteiger partial charge in [-0.3, -0.25) is 4.79 Å². The fraction of sp³-hybridized carbons (Fsp3) is 0.368. The Morgan fingerprint density at radius 2 is 1.73 bits per heavy atom. The average molecular weight is 435 g/mol. The fourth-order valence-corrected chi connectivity index (χ4v) is 3.43. The zero-order valence-corrected chi connectivity index (χ0v) is 15.3. The van der Waals surface area contributed by atoms with Gasteiger partial charge in [0.1, 0.15) is 11.6 Å². The molecule has 1 fully saturated rings. The summed E-state index contributed by atoms with van der Waals surface area (Å²) in [6.45, 7) is -0.00703. The maximum atomic E-state index is 13.2. The highest BCUT2D eigenvalue weighted by molar-refractivity contribution is 5.82. The van der Waals surface area contributed by atoms with Gasteiger partial charge in [0.15, 0.2) is 0 Å². The predicted octanol–water partition coefficient (Wildman–Crippen LogP) is 4.28. The van der Waals surface area contributed by atoms with Gasteiger partial charge in [-0.1, -0.05) is 12.1 Å². The number of alkyl halides is 6. The number of rotatable bonds is 3. The maximum absolute atomic E-state index is 13.2. The maximum Gasteiger partial charge on any atom is 0.471 e. The monoisotopic (exact) mass is 435 g/mol. The molecular weight excluding hydrogens is 419 g/mol. The summed E-state index contributed by atoms with van der Waals surface area (Å²) >= 11 is 0. The molecule has 1 aromatic heterocycles. The minimum atomic E-state index is -5.12. The fourth-order valence-electron chi connectivity index (χ4n) is 3.43. The lowest BCUT2D eigenvalue weighted by Gasteiger charge is -2.40. The van der Waals surface area contributed by atoms with Crippen molar-refractivity contribution in [2.45, 2.75) is 30.7 Å². The van der Waals surface area contributed by atoms with E-state index < -0.39 is 41.6 Å². The molecule has 2 atom stereocenters. The van der Waals surface area contributed by atoms with E-state index in [1.54, 1.807) is 0 Å². The summed E-state index contributed by atoms with van der Waals surface area (Å²) in [5.74, 6) is -3.33. The average Bonchev–Trinajstić information content (AvgIpc) is 2.67. The van der Waals surface area contributed by atoms with Gasteiger partial charge >= 0.3 is 18.3 Å². The second-order valence-electron chi connectivity index (χ2n) is 6.87. The molecule has 0 spiro atoms. The van der Waals surface area contributed by atoms with Gasteiger partial charge in [-0.05, 0) is 36.2 Å². The Hall–Kier alpha value is -2.85. The van der Waals surface area contributed by atoms with Crippen LogP contribution in [0.3, 0.4) is 0 Å². The van der Waals surface area contributed by atoms with Gasteiger partial charge in [0, 0.05) is 25.2 Å². The molecule has 30 heavy (non-hydrogen) atoms. The molecule has 2 unspecified atom stereocenters. The van der Waals surface area contributed by atoms with E-state index in [0.717, 1.165) is 30.5 Å². The van der Waals surface area contributed by atoms with Gasteiger partial charge in [-0.25, -0.2) is 9.37 Å². The summed E-state index contributed by atoms with van der Waals surface area (Å²) in [5.41, 5.74) is -0.426. The van der Waals surface area contributed by atoms with Gasteiger partial charge in [0.25, 0.3) is 0 Å². The van der Waals surface area contributed by atoms with Crippen LogP contribution in [0.15, 0.2) is 42.6 Å². The van der Waals surface area contributed by atoms with Crippen molar-refractivity contribution in [1.82, 2.24) is 10.3 Å². The van der Waals surface area contributed by atoms with Crippen molar-refractivity contribution in [3.05, 3.63) is 59.5 Å². The molecule has 4 nitrogen and oxygen atoms in total. The minimum absolute atomic E-state index is 0.0614. The quantitative estimate of drug-likeness (QED) is 0.733. The first-order valence-corrected chi connectivity index (χ1v) is 8.86. The molecule has 162 valence electrons. The van der Waals surface area contributed by atoms with Crippen molar-refractivity contribution in [1.29, 1.82) is 0 Å². The number of pyridine rings is 1. The normalized spacial score (nSPS) is 20.2. The van der Waals surface area contributed by atoms with Gasteiger partial charge < -0.3 is 10.2 Å². The van der Waals surface area contributed by atoms with Crippen LogP contribution < -0.4 is 10.2 Å². The number of piperidine rings is 1. The first kappa shape index (κ1) is 21.8. The van der Waals surface area contributed by atoms with Crippen molar-refractivity contribution >= 4 is 11.7 Å². The Balaban J connectivity index is 1.88. The number of hydrogen-bond acceptors (Lipinski definition) is 3. The van der Waals surface area contributed by atoms with Crippen LogP contribution in [0.1, 0.15) is 23.5 Å². The summed E-state index contributed by atoms with van der Waals surface area (Å²) < 4.78 is 90.5. The van der Waals surface area contributed by atoms with E-state index in [1.807, 2.05) is 5.32 Å². The third kappa shape index (κ3) is 5.00. The van der Waals surface area contributed by atoms with Crippen LogP contribution in [-0.2, 0) is 11.0 Å². The van der Waals surface area contributed by atoms with Crippen LogP contribution in [0, 0.1) is 5.82 Å². The van der Waals surface area contributed by atoms with Crippen LogP contribution in [0.2, 0.25) is 0 Å². The van der Waals surface area contributed by atoms with Crippen molar-refractivity contribution < 1.29 is 35.5 Å². The number of halogens is 7. The third-order valence-electron chi connectivity index (χ3n) is 4.88. The number of amides is 1. The highest BCUT2D eigenvalue weighted by Gasteiger charge is 2.42. The molecule has 0 saturated carbocycles. The summed E-state index contributed by atoms with van der Waals surface area (Å²) in [5, 5.41) is 1.92. The number of anilines is 1.